The van der Waals surface area contributed by atoms with E-state index in [1.807, 2.05) is 60.7 Å². The number of amides is 1. The summed E-state index contributed by atoms with van der Waals surface area (Å²) >= 11 is 0. The Morgan fingerprint density at radius 1 is 1.14 bits per heavy atom. The highest BCUT2D eigenvalue weighted by atomic mass is 16.5. The molecule has 0 saturated heterocycles. The van der Waals surface area contributed by atoms with Crippen molar-refractivity contribution in [3.8, 4) is 17.6 Å². The summed E-state index contributed by atoms with van der Waals surface area (Å²) < 4.78 is 5.77. The zero-order chi connectivity index (χ0) is 15.8. The topological polar surface area (TPSA) is 79.4 Å². The number of nitrogens with zero attached hydrogens (tertiary/aromatic N) is 2. The van der Waals surface area contributed by atoms with Crippen molar-refractivity contribution < 1.29 is 9.53 Å². The third-order valence-electron chi connectivity index (χ3n) is 2.96. The second kappa shape index (κ2) is 7.81. The third-order valence-corrected chi connectivity index (χ3v) is 2.96. The van der Waals surface area contributed by atoms with Gasteiger partial charge in [-0.2, -0.15) is 5.26 Å². The maximum Gasteiger partial charge on any atom is 0.231 e. The van der Waals surface area contributed by atoms with Crippen LogP contribution in [0.25, 0.3) is 0 Å². The molecule has 0 radical (unpaired) electrons. The van der Waals surface area contributed by atoms with Crippen molar-refractivity contribution in [2.75, 3.05) is 13.1 Å². The number of nitrogens with two attached hydrogens (primary N) is 1. The van der Waals surface area contributed by atoms with E-state index in [9.17, 15) is 4.79 Å². The Morgan fingerprint density at radius 2 is 1.86 bits per heavy atom. The summed E-state index contributed by atoms with van der Waals surface area (Å²) in [5.74, 6) is 1.01. The minimum atomic E-state index is -0.452. The maximum absolute atomic E-state index is 11.0. The van der Waals surface area contributed by atoms with Gasteiger partial charge in [0.25, 0.3) is 0 Å². The van der Waals surface area contributed by atoms with E-state index in [0.717, 1.165) is 11.3 Å². The molecule has 112 valence electrons. The molecule has 0 bridgehead atoms. The van der Waals surface area contributed by atoms with Gasteiger partial charge < -0.3 is 10.5 Å². The van der Waals surface area contributed by atoms with Gasteiger partial charge >= 0.3 is 0 Å². The number of benzene rings is 2. The molecule has 0 unspecified atom stereocenters. The predicted octanol–water partition coefficient (Wildman–Crippen LogP) is 2.29. The fourth-order valence-electron chi connectivity index (χ4n) is 2.08. The zero-order valence-electron chi connectivity index (χ0n) is 12.1. The van der Waals surface area contributed by atoms with Crippen molar-refractivity contribution in [2.24, 2.45) is 5.73 Å². The first-order valence-electron chi connectivity index (χ1n) is 6.87. The Balaban J connectivity index is 2.07. The number of rotatable bonds is 7. The molecule has 2 aromatic rings. The highest BCUT2D eigenvalue weighted by Crippen LogP contribution is 2.22. The lowest BCUT2D eigenvalue weighted by Gasteiger charge is -2.17. The molecule has 2 N–H and O–H groups in total. The minimum Gasteiger partial charge on any atom is -0.457 e. The standard InChI is InChI=1S/C17H17N3O2/c18-9-10-20(13-17(19)21)12-14-5-4-8-16(11-14)22-15-6-2-1-3-7-15/h1-8,11H,10,12-13H2,(H2,19,21). The summed E-state index contributed by atoms with van der Waals surface area (Å²) in [4.78, 5) is 12.7. The van der Waals surface area contributed by atoms with Crippen LogP contribution in [0.5, 0.6) is 11.5 Å². The summed E-state index contributed by atoms with van der Waals surface area (Å²) in [6, 6.07) is 19.1. The van der Waals surface area contributed by atoms with Gasteiger partial charge in [-0.15, -0.1) is 0 Å². The number of primary amides is 1. The highest BCUT2D eigenvalue weighted by molar-refractivity contribution is 5.75. The van der Waals surface area contributed by atoms with Crippen LogP contribution in [-0.2, 0) is 11.3 Å². The first-order chi connectivity index (χ1) is 10.7. The van der Waals surface area contributed by atoms with E-state index < -0.39 is 5.91 Å². The summed E-state index contributed by atoms with van der Waals surface area (Å²) in [5.41, 5.74) is 6.14. The van der Waals surface area contributed by atoms with Crippen molar-refractivity contribution in [3.05, 3.63) is 60.2 Å². The van der Waals surface area contributed by atoms with E-state index >= 15 is 0 Å². The second-order valence-corrected chi connectivity index (χ2v) is 4.83. The van der Waals surface area contributed by atoms with Crippen LogP contribution in [0.2, 0.25) is 0 Å². The number of ether oxygens (including phenoxy) is 1. The van der Waals surface area contributed by atoms with Crippen LogP contribution < -0.4 is 10.5 Å². The third kappa shape index (κ3) is 4.93. The molecule has 0 aliphatic carbocycles. The molecule has 0 atom stereocenters. The Labute approximate surface area is 129 Å². The number of nitriles is 1. The van der Waals surface area contributed by atoms with Gasteiger partial charge in [0.1, 0.15) is 11.5 Å². The molecule has 0 heterocycles. The van der Waals surface area contributed by atoms with Gasteiger partial charge in [0.05, 0.1) is 19.2 Å². The van der Waals surface area contributed by atoms with Gasteiger partial charge in [-0.05, 0) is 29.8 Å². The van der Waals surface area contributed by atoms with Crippen LogP contribution >= 0.6 is 0 Å². The normalized spacial score (nSPS) is 10.2. The van der Waals surface area contributed by atoms with E-state index in [4.69, 9.17) is 15.7 Å². The van der Waals surface area contributed by atoms with Crippen molar-refractivity contribution in [1.29, 1.82) is 5.26 Å². The number of hydrogen-bond acceptors (Lipinski definition) is 4. The number of hydrogen-bond donors (Lipinski definition) is 1. The second-order valence-electron chi connectivity index (χ2n) is 4.83. The fraction of sp³-hybridized carbons (Fsp3) is 0.176. The van der Waals surface area contributed by atoms with Crippen molar-refractivity contribution in [1.82, 2.24) is 4.90 Å². The van der Waals surface area contributed by atoms with E-state index in [0.29, 0.717) is 12.3 Å². The quantitative estimate of drug-likeness (QED) is 0.795. The number of para-hydroxylation sites is 1. The molecule has 2 aromatic carbocycles. The lowest BCUT2D eigenvalue weighted by atomic mass is 10.2. The van der Waals surface area contributed by atoms with Gasteiger partial charge in [-0.25, -0.2) is 0 Å². The van der Waals surface area contributed by atoms with Crippen molar-refractivity contribution in [2.45, 2.75) is 6.54 Å². The largest absolute Gasteiger partial charge is 0.457 e. The molecular weight excluding hydrogens is 278 g/mol. The first-order valence-corrected chi connectivity index (χ1v) is 6.87. The summed E-state index contributed by atoms with van der Waals surface area (Å²) in [5, 5.41) is 8.81. The predicted molar refractivity (Wildman–Crippen MR) is 83.0 cm³/mol. The van der Waals surface area contributed by atoms with E-state index in [1.54, 1.807) is 4.90 Å². The molecule has 5 heteroatoms. The molecule has 0 saturated carbocycles. The lowest BCUT2D eigenvalue weighted by Crippen LogP contribution is -2.33. The monoisotopic (exact) mass is 295 g/mol. The Hall–Kier alpha value is -2.84. The van der Waals surface area contributed by atoms with E-state index in [2.05, 4.69) is 0 Å². The molecule has 0 aliphatic rings. The van der Waals surface area contributed by atoms with Gasteiger partial charge in [0.2, 0.25) is 5.91 Å². The highest BCUT2D eigenvalue weighted by Gasteiger charge is 2.09. The maximum atomic E-state index is 11.0. The Kier molecular flexibility index (Phi) is 5.52. The zero-order valence-corrected chi connectivity index (χ0v) is 12.1. The molecule has 2 rings (SSSR count). The SMILES string of the molecule is N#CCN(CC(N)=O)Cc1cccc(Oc2ccccc2)c1. The van der Waals surface area contributed by atoms with Crippen LogP contribution in [0.3, 0.4) is 0 Å². The minimum absolute atomic E-state index is 0.0529. The Morgan fingerprint density at radius 3 is 2.55 bits per heavy atom. The van der Waals surface area contributed by atoms with Crippen LogP contribution in [-0.4, -0.2) is 23.9 Å². The number of carbonyl (C=O) groups excluding carboxylic acids is 1. The lowest BCUT2D eigenvalue weighted by molar-refractivity contribution is -0.119. The molecule has 1 amide bonds. The summed E-state index contributed by atoms with van der Waals surface area (Å²) in [7, 11) is 0. The number of carbonyl (C=O) groups is 1. The summed E-state index contributed by atoms with van der Waals surface area (Å²) in [6.45, 7) is 0.659. The van der Waals surface area contributed by atoms with Crippen LogP contribution in [0.15, 0.2) is 54.6 Å². The van der Waals surface area contributed by atoms with Crippen molar-refractivity contribution >= 4 is 5.91 Å². The van der Waals surface area contributed by atoms with E-state index in [-0.39, 0.29) is 13.1 Å². The van der Waals surface area contributed by atoms with Crippen LogP contribution in [0.1, 0.15) is 5.56 Å². The molecule has 0 aliphatic heterocycles. The first kappa shape index (κ1) is 15.5. The average Bonchev–Trinajstić information content (AvgIpc) is 2.48. The molecule has 0 fully saturated rings. The Bertz CT molecular complexity index is 665. The molecular formula is C17H17N3O2. The van der Waals surface area contributed by atoms with Gasteiger partial charge in [-0.3, -0.25) is 9.69 Å². The molecule has 0 aromatic heterocycles. The fourth-order valence-corrected chi connectivity index (χ4v) is 2.08. The molecule has 22 heavy (non-hydrogen) atoms. The average molecular weight is 295 g/mol. The molecule has 0 spiro atoms. The van der Waals surface area contributed by atoms with Crippen LogP contribution in [0, 0.1) is 11.3 Å². The van der Waals surface area contributed by atoms with Gasteiger partial charge in [-0.1, -0.05) is 30.3 Å². The smallest absolute Gasteiger partial charge is 0.231 e. The summed E-state index contributed by atoms with van der Waals surface area (Å²) in [6.07, 6.45) is 0. The van der Waals surface area contributed by atoms with Crippen molar-refractivity contribution in [3.63, 3.8) is 0 Å². The van der Waals surface area contributed by atoms with Crippen LogP contribution in [0.4, 0.5) is 0 Å². The van der Waals surface area contributed by atoms with Gasteiger partial charge in [0, 0.05) is 6.54 Å². The van der Waals surface area contributed by atoms with E-state index in [1.165, 1.54) is 0 Å². The van der Waals surface area contributed by atoms with Gasteiger partial charge in [0.15, 0.2) is 0 Å². The molecule has 5 nitrogen and oxygen atoms in total.